The first-order valence-corrected chi connectivity index (χ1v) is 10.2. The number of hydrogen-bond donors (Lipinski definition) is 0. The number of fused-ring (bicyclic) bond motifs is 1. The van der Waals surface area contributed by atoms with Crippen molar-refractivity contribution in [3.8, 4) is 0 Å². The van der Waals surface area contributed by atoms with E-state index in [1.807, 2.05) is 31.2 Å². The van der Waals surface area contributed by atoms with Crippen LogP contribution in [0.2, 0.25) is 0 Å². The summed E-state index contributed by atoms with van der Waals surface area (Å²) in [7, 11) is -3.37. The lowest BCUT2D eigenvalue weighted by atomic mass is 10.3. The molecule has 1 heterocycles. The van der Waals surface area contributed by atoms with Gasteiger partial charge in [0.25, 0.3) is 0 Å². The fraction of sp³-hybridized carbons (Fsp3) is 0.500. The number of aromatic nitrogens is 1. The number of hydrogen-bond acceptors (Lipinski definition) is 6. The second-order valence-corrected chi connectivity index (χ2v) is 9.16. The van der Waals surface area contributed by atoms with Crippen LogP contribution in [0.15, 0.2) is 28.6 Å². The Kier molecular flexibility index (Phi) is 4.68. The summed E-state index contributed by atoms with van der Waals surface area (Å²) in [5.74, 6) is 0.122. The van der Waals surface area contributed by atoms with E-state index >= 15 is 0 Å². The Morgan fingerprint density at radius 3 is 2.87 bits per heavy atom. The number of ether oxygens (including phenoxy) is 1. The van der Waals surface area contributed by atoms with Gasteiger partial charge >= 0.3 is 5.97 Å². The smallest absolute Gasteiger partial charge is 0.305 e. The molecular formula is C16H19NO4S2. The third kappa shape index (κ3) is 3.90. The molecule has 7 heteroatoms. The monoisotopic (exact) mass is 353 g/mol. The van der Waals surface area contributed by atoms with Gasteiger partial charge in [0.05, 0.1) is 22.6 Å². The van der Waals surface area contributed by atoms with Gasteiger partial charge in [-0.2, -0.15) is 0 Å². The van der Waals surface area contributed by atoms with Gasteiger partial charge in [0.1, 0.15) is 0 Å². The highest BCUT2D eigenvalue weighted by atomic mass is 32.2. The van der Waals surface area contributed by atoms with Crippen molar-refractivity contribution in [2.45, 2.75) is 30.5 Å². The third-order valence-corrected chi connectivity index (χ3v) is 7.29. The molecule has 1 fully saturated rings. The van der Waals surface area contributed by atoms with Crippen LogP contribution in [0.3, 0.4) is 0 Å². The van der Waals surface area contributed by atoms with Gasteiger partial charge in [-0.1, -0.05) is 19.1 Å². The molecule has 124 valence electrons. The second-order valence-electron chi connectivity index (χ2n) is 5.92. The molecule has 1 aliphatic rings. The number of sulfone groups is 1. The van der Waals surface area contributed by atoms with Gasteiger partial charge in [-0.3, -0.25) is 4.79 Å². The van der Waals surface area contributed by atoms with Crippen LogP contribution in [0.25, 0.3) is 10.2 Å². The minimum atomic E-state index is -3.37. The van der Waals surface area contributed by atoms with E-state index in [1.165, 1.54) is 11.3 Å². The Bertz CT molecular complexity index is 779. The molecule has 2 aromatic rings. The summed E-state index contributed by atoms with van der Waals surface area (Å²) in [4.78, 5) is 15.6. The molecule has 2 atom stereocenters. The van der Waals surface area contributed by atoms with Crippen LogP contribution in [-0.4, -0.2) is 31.7 Å². The summed E-state index contributed by atoms with van der Waals surface area (Å²) >= 11 is 1.22. The lowest BCUT2D eigenvalue weighted by molar-refractivity contribution is -0.144. The van der Waals surface area contributed by atoms with Crippen LogP contribution in [-0.2, 0) is 19.4 Å². The Hall–Kier alpha value is -1.47. The van der Waals surface area contributed by atoms with E-state index in [0.717, 1.165) is 23.1 Å². The lowest BCUT2D eigenvalue weighted by Gasteiger charge is -2.03. The Morgan fingerprint density at radius 1 is 1.35 bits per heavy atom. The summed E-state index contributed by atoms with van der Waals surface area (Å²) < 4.78 is 31.2. The van der Waals surface area contributed by atoms with Crippen LogP contribution in [0.4, 0.5) is 0 Å². The van der Waals surface area contributed by atoms with Gasteiger partial charge in [-0.15, -0.1) is 11.3 Å². The Morgan fingerprint density at radius 2 is 2.13 bits per heavy atom. The van der Waals surface area contributed by atoms with Crippen LogP contribution >= 0.6 is 11.3 Å². The number of thiazole rings is 1. The van der Waals surface area contributed by atoms with Gasteiger partial charge in [0, 0.05) is 6.42 Å². The van der Waals surface area contributed by atoms with Crippen molar-refractivity contribution >= 4 is 37.4 Å². The zero-order chi connectivity index (χ0) is 16.4. The van der Waals surface area contributed by atoms with E-state index in [1.54, 1.807) is 0 Å². The van der Waals surface area contributed by atoms with Gasteiger partial charge < -0.3 is 4.74 Å². The van der Waals surface area contributed by atoms with Crippen LogP contribution < -0.4 is 0 Å². The maximum atomic E-state index is 12.5. The van der Waals surface area contributed by atoms with Gasteiger partial charge in [0.15, 0.2) is 0 Å². The molecule has 0 amide bonds. The fourth-order valence-corrected chi connectivity index (χ4v) is 5.56. The van der Waals surface area contributed by atoms with Crippen molar-refractivity contribution in [3.05, 3.63) is 24.3 Å². The highest BCUT2D eigenvalue weighted by Crippen LogP contribution is 2.41. The Labute approximate surface area is 139 Å². The summed E-state index contributed by atoms with van der Waals surface area (Å²) in [6.07, 6.45) is 1.98. The normalized spacial score (nSPS) is 20.6. The first-order valence-electron chi connectivity index (χ1n) is 7.73. The average molecular weight is 353 g/mol. The molecule has 0 saturated heterocycles. The minimum Gasteiger partial charge on any atom is -0.465 e. The maximum Gasteiger partial charge on any atom is 0.305 e. The molecule has 0 bridgehead atoms. The van der Waals surface area contributed by atoms with Gasteiger partial charge in [0.2, 0.25) is 14.2 Å². The van der Waals surface area contributed by atoms with Crippen molar-refractivity contribution in [3.63, 3.8) is 0 Å². The predicted molar refractivity (Wildman–Crippen MR) is 89.1 cm³/mol. The van der Waals surface area contributed by atoms with E-state index in [2.05, 4.69) is 4.98 Å². The summed E-state index contributed by atoms with van der Waals surface area (Å²) in [5, 5.41) is 0. The minimum absolute atomic E-state index is 0.0708. The molecule has 5 nitrogen and oxygen atoms in total. The van der Waals surface area contributed by atoms with E-state index < -0.39 is 9.84 Å². The molecule has 1 aromatic carbocycles. The quantitative estimate of drug-likeness (QED) is 0.715. The van der Waals surface area contributed by atoms with Crippen LogP contribution in [0, 0.1) is 11.8 Å². The molecule has 23 heavy (non-hydrogen) atoms. The SMILES string of the molecule is CCCC(=O)OC[C@@H]1C[C@@H]1CS(=O)(=O)c1nc2ccccc2s1. The van der Waals surface area contributed by atoms with E-state index in [9.17, 15) is 13.2 Å². The van der Waals surface area contributed by atoms with E-state index in [4.69, 9.17) is 4.74 Å². The molecule has 0 spiro atoms. The molecule has 1 aliphatic carbocycles. The fourth-order valence-electron chi connectivity index (χ4n) is 2.53. The van der Waals surface area contributed by atoms with Crippen LogP contribution in [0.5, 0.6) is 0 Å². The van der Waals surface area contributed by atoms with Crippen molar-refractivity contribution in [1.29, 1.82) is 0 Å². The molecule has 0 radical (unpaired) electrons. The molecule has 0 N–H and O–H groups in total. The van der Waals surface area contributed by atoms with Crippen molar-refractivity contribution in [2.75, 3.05) is 12.4 Å². The third-order valence-electron chi connectivity index (χ3n) is 3.96. The standard InChI is InChI=1S/C16H19NO4S2/c1-2-5-15(18)21-9-11-8-12(11)10-23(19,20)16-17-13-6-3-4-7-14(13)22-16/h3-4,6-7,11-12H,2,5,8-10H2,1H3/t11-,12+/m0/s1. The summed E-state index contributed by atoms with van der Waals surface area (Å²) in [6.45, 7) is 2.25. The molecule has 0 aliphatic heterocycles. The number of carbonyl (C=O) groups is 1. The highest BCUT2D eigenvalue weighted by molar-refractivity contribution is 7.93. The predicted octanol–water partition coefficient (Wildman–Crippen LogP) is 3.05. The highest BCUT2D eigenvalue weighted by Gasteiger charge is 2.42. The van der Waals surface area contributed by atoms with E-state index in [-0.39, 0.29) is 27.9 Å². The van der Waals surface area contributed by atoms with Gasteiger partial charge in [-0.25, -0.2) is 13.4 Å². The number of nitrogens with zero attached hydrogens (tertiary/aromatic N) is 1. The van der Waals surface area contributed by atoms with E-state index in [0.29, 0.717) is 13.0 Å². The number of esters is 1. The second kappa shape index (κ2) is 6.57. The number of rotatable bonds is 7. The number of benzene rings is 1. The van der Waals surface area contributed by atoms with Crippen molar-refractivity contribution in [2.24, 2.45) is 11.8 Å². The largest absolute Gasteiger partial charge is 0.465 e. The average Bonchev–Trinajstić information content (AvgIpc) is 3.07. The number of para-hydroxylation sites is 1. The topological polar surface area (TPSA) is 73.3 Å². The summed E-state index contributed by atoms with van der Waals surface area (Å²) in [5.41, 5.74) is 0.719. The van der Waals surface area contributed by atoms with Crippen molar-refractivity contribution < 1.29 is 17.9 Å². The van der Waals surface area contributed by atoms with Crippen LogP contribution in [0.1, 0.15) is 26.2 Å². The zero-order valence-corrected chi connectivity index (χ0v) is 14.5. The maximum absolute atomic E-state index is 12.5. The molecular weight excluding hydrogens is 334 g/mol. The van der Waals surface area contributed by atoms with Crippen molar-refractivity contribution in [1.82, 2.24) is 4.98 Å². The lowest BCUT2D eigenvalue weighted by Crippen LogP contribution is -2.12. The molecule has 1 aromatic heterocycles. The summed E-state index contributed by atoms with van der Waals surface area (Å²) in [6, 6.07) is 7.41. The molecule has 3 rings (SSSR count). The first kappa shape index (κ1) is 16.4. The zero-order valence-electron chi connectivity index (χ0n) is 12.9. The Balaban J connectivity index is 1.58. The van der Waals surface area contributed by atoms with Gasteiger partial charge in [-0.05, 0) is 36.8 Å². The number of carbonyl (C=O) groups excluding carboxylic acids is 1. The molecule has 0 unspecified atom stereocenters. The molecule has 1 saturated carbocycles. The first-order chi connectivity index (χ1) is 11.0.